The zero-order valence-corrected chi connectivity index (χ0v) is 11.3. The molecule has 2 heterocycles. The van der Waals surface area contributed by atoms with Crippen LogP contribution in [0.1, 0.15) is 28.3 Å². The minimum absolute atomic E-state index is 0.0580. The summed E-state index contributed by atoms with van der Waals surface area (Å²) >= 11 is 0. The number of aromatic nitrogens is 4. The van der Waals surface area contributed by atoms with E-state index in [1.54, 1.807) is 0 Å². The number of hydrogen-bond donors (Lipinski definition) is 2. The van der Waals surface area contributed by atoms with Crippen molar-refractivity contribution in [3.8, 4) is 0 Å². The minimum atomic E-state index is -4.48. The Hall–Kier alpha value is -2.12. The minimum Gasteiger partial charge on any atom is -0.348 e. The molecule has 2 aromatic heterocycles. The molecule has 0 atom stereocenters. The first-order chi connectivity index (χ1) is 9.27. The summed E-state index contributed by atoms with van der Waals surface area (Å²) < 4.78 is 37.9. The molecule has 20 heavy (non-hydrogen) atoms. The topological polar surface area (TPSA) is 66.5 Å². The fourth-order valence-corrected chi connectivity index (χ4v) is 1.66. The number of nitrogens with zero attached hydrogens (tertiary/aromatic N) is 3. The van der Waals surface area contributed by atoms with Gasteiger partial charge in [0.05, 0.1) is 12.2 Å². The predicted molar refractivity (Wildman–Crippen MR) is 67.2 cm³/mol. The lowest BCUT2D eigenvalue weighted by atomic mass is 10.2. The van der Waals surface area contributed by atoms with Crippen molar-refractivity contribution < 1.29 is 13.2 Å². The number of halogens is 3. The summed E-state index contributed by atoms with van der Waals surface area (Å²) in [6.45, 7) is 5.51. The number of H-pyrrole nitrogens is 1. The second-order valence-electron chi connectivity index (χ2n) is 4.49. The lowest BCUT2D eigenvalue weighted by Gasteiger charge is -2.09. The van der Waals surface area contributed by atoms with Crippen LogP contribution in [0.4, 0.5) is 19.1 Å². The highest BCUT2D eigenvalue weighted by molar-refractivity contribution is 5.32. The Kier molecular flexibility index (Phi) is 3.65. The van der Waals surface area contributed by atoms with Gasteiger partial charge in [0.1, 0.15) is 5.69 Å². The molecule has 2 N–H and O–H groups in total. The maximum absolute atomic E-state index is 12.6. The third-order valence-electron chi connectivity index (χ3n) is 2.91. The molecule has 0 spiro atoms. The number of rotatable bonds is 3. The Morgan fingerprint density at radius 3 is 2.45 bits per heavy atom. The highest BCUT2D eigenvalue weighted by Crippen LogP contribution is 2.28. The average molecular weight is 285 g/mol. The fourth-order valence-electron chi connectivity index (χ4n) is 1.66. The van der Waals surface area contributed by atoms with Crippen molar-refractivity contribution in [1.29, 1.82) is 0 Å². The van der Waals surface area contributed by atoms with Crippen molar-refractivity contribution in [2.75, 3.05) is 5.32 Å². The van der Waals surface area contributed by atoms with E-state index in [4.69, 9.17) is 0 Å². The van der Waals surface area contributed by atoms with Crippen LogP contribution in [-0.2, 0) is 12.7 Å². The van der Waals surface area contributed by atoms with Crippen molar-refractivity contribution in [3.63, 3.8) is 0 Å². The Morgan fingerprint density at radius 1 is 1.20 bits per heavy atom. The number of anilines is 1. The van der Waals surface area contributed by atoms with Gasteiger partial charge in [-0.3, -0.25) is 5.10 Å². The second-order valence-corrected chi connectivity index (χ2v) is 4.49. The SMILES string of the molecule is Cc1cc(C(F)(F)F)nc(NCc2n[nH]c(C)c2C)n1. The quantitative estimate of drug-likeness (QED) is 0.910. The number of hydrogen-bond acceptors (Lipinski definition) is 4. The lowest BCUT2D eigenvalue weighted by molar-refractivity contribution is -0.141. The summed E-state index contributed by atoms with van der Waals surface area (Å²) in [7, 11) is 0. The highest BCUT2D eigenvalue weighted by Gasteiger charge is 2.33. The second kappa shape index (κ2) is 5.10. The van der Waals surface area contributed by atoms with Crippen molar-refractivity contribution >= 4 is 5.95 Å². The third-order valence-corrected chi connectivity index (χ3v) is 2.91. The van der Waals surface area contributed by atoms with E-state index < -0.39 is 11.9 Å². The van der Waals surface area contributed by atoms with Gasteiger partial charge in [0.25, 0.3) is 0 Å². The standard InChI is InChI=1S/C12H14F3N5/c1-6-4-10(12(13,14)15)18-11(17-6)16-5-9-7(2)8(3)19-20-9/h4H,5H2,1-3H3,(H,19,20)(H,16,17,18). The smallest absolute Gasteiger partial charge is 0.348 e. The first-order valence-electron chi connectivity index (χ1n) is 5.94. The zero-order valence-electron chi connectivity index (χ0n) is 11.3. The summed E-state index contributed by atoms with van der Waals surface area (Å²) in [6, 6.07) is 0.912. The van der Waals surface area contributed by atoms with Gasteiger partial charge in [-0.2, -0.15) is 18.3 Å². The summed E-state index contributed by atoms with van der Waals surface area (Å²) in [5.41, 5.74) is 1.90. The lowest BCUT2D eigenvalue weighted by Crippen LogP contribution is -2.13. The normalized spacial score (nSPS) is 11.7. The van der Waals surface area contributed by atoms with Crippen LogP contribution in [0.15, 0.2) is 6.07 Å². The van der Waals surface area contributed by atoms with Gasteiger partial charge in [-0.15, -0.1) is 0 Å². The van der Waals surface area contributed by atoms with E-state index in [0.29, 0.717) is 0 Å². The third kappa shape index (κ3) is 3.06. The molecular formula is C12H14F3N5. The molecule has 0 aliphatic carbocycles. The predicted octanol–water partition coefficient (Wildman–Crippen LogP) is 2.76. The molecule has 5 nitrogen and oxygen atoms in total. The van der Waals surface area contributed by atoms with E-state index in [9.17, 15) is 13.2 Å². The molecule has 2 aromatic rings. The van der Waals surface area contributed by atoms with Crippen LogP contribution in [0.25, 0.3) is 0 Å². The van der Waals surface area contributed by atoms with Crippen LogP contribution in [0.5, 0.6) is 0 Å². The van der Waals surface area contributed by atoms with Gasteiger partial charge < -0.3 is 5.32 Å². The summed E-state index contributed by atoms with van der Waals surface area (Å²) in [5, 5.41) is 9.63. The van der Waals surface area contributed by atoms with E-state index in [0.717, 1.165) is 23.0 Å². The molecule has 0 aliphatic heterocycles. The molecule has 0 aromatic carbocycles. The maximum atomic E-state index is 12.6. The molecule has 0 radical (unpaired) electrons. The number of aromatic amines is 1. The Bertz CT molecular complexity index is 618. The van der Waals surface area contributed by atoms with Gasteiger partial charge in [-0.1, -0.05) is 0 Å². The molecule has 0 fully saturated rings. The van der Waals surface area contributed by atoms with Crippen LogP contribution in [0.2, 0.25) is 0 Å². The van der Waals surface area contributed by atoms with Crippen molar-refractivity contribution in [2.24, 2.45) is 0 Å². The number of nitrogens with one attached hydrogen (secondary N) is 2. The van der Waals surface area contributed by atoms with Gasteiger partial charge in [0.2, 0.25) is 5.95 Å². The Balaban J connectivity index is 2.18. The van der Waals surface area contributed by atoms with Crippen molar-refractivity contribution in [3.05, 3.63) is 34.4 Å². The monoisotopic (exact) mass is 285 g/mol. The molecule has 0 saturated heterocycles. The van der Waals surface area contributed by atoms with Gasteiger partial charge in [0, 0.05) is 11.4 Å². The first-order valence-corrected chi connectivity index (χ1v) is 5.94. The molecule has 0 bridgehead atoms. The van der Waals surface area contributed by atoms with E-state index in [1.807, 2.05) is 13.8 Å². The van der Waals surface area contributed by atoms with Crippen LogP contribution in [-0.4, -0.2) is 20.2 Å². The van der Waals surface area contributed by atoms with Gasteiger partial charge in [0.15, 0.2) is 0 Å². The summed E-state index contributed by atoms with van der Waals surface area (Å²) in [4.78, 5) is 7.41. The van der Waals surface area contributed by atoms with E-state index in [1.165, 1.54) is 6.92 Å². The molecule has 2 rings (SSSR count). The average Bonchev–Trinajstić information content (AvgIpc) is 2.66. The molecular weight excluding hydrogens is 271 g/mol. The van der Waals surface area contributed by atoms with E-state index in [2.05, 4.69) is 25.5 Å². The van der Waals surface area contributed by atoms with Gasteiger partial charge in [-0.25, -0.2) is 9.97 Å². The first kappa shape index (κ1) is 14.3. The van der Waals surface area contributed by atoms with Gasteiger partial charge >= 0.3 is 6.18 Å². The summed E-state index contributed by atoms with van der Waals surface area (Å²) in [5.74, 6) is -0.0580. The van der Waals surface area contributed by atoms with Crippen LogP contribution >= 0.6 is 0 Å². The molecule has 0 aliphatic rings. The van der Waals surface area contributed by atoms with E-state index in [-0.39, 0.29) is 18.2 Å². The van der Waals surface area contributed by atoms with Gasteiger partial charge in [-0.05, 0) is 32.4 Å². The van der Waals surface area contributed by atoms with Crippen LogP contribution in [0, 0.1) is 20.8 Å². The van der Waals surface area contributed by atoms with Crippen molar-refractivity contribution in [1.82, 2.24) is 20.2 Å². The Labute approximate surface area is 113 Å². The molecule has 0 unspecified atom stereocenters. The fraction of sp³-hybridized carbons (Fsp3) is 0.417. The molecule has 0 saturated carbocycles. The molecule has 0 amide bonds. The maximum Gasteiger partial charge on any atom is 0.433 e. The van der Waals surface area contributed by atoms with E-state index >= 15 is 0 Å². The Morgan fingerprint density at radius 2 is 1.90 bits per heavy atom. The molecule has 108 valence electrons. The van der Waals surface area contributed by atoms with Crippen molar-refractivity contribution in [2.45, 2.75) is 33.5 Å². The van der Waals surface area contributed by atoms with Crippen LogP contribution < -0.4 is 5.32 Å². The summed E-state index contributed by atoms with van der Waals surface area (Å²) in [6.07, 6.45) is -4.48. The highest BCUT2D eigenvalue weighted by atomic mass is 19.4. The number of aryl methyl sites for hydroxylation is 2. The zero-order chi connectivity index (χ0) is 14.9. The molecule has 8 heteroatoms. The largest absolute Gasteiger partial charge is 0.433 e. The number of alkyl halides is 3. The van der Waals surface area contributed by atoms with Crippen LogP contribution in [0.3, 0.4) is 0 Å².